The van der Waals surface area contributed by atoms with E-state index in [9.17, 15) is 22.4 Å². The van der Waals surface area contributed by atoms with Crippen molar-refractivity contribution >= 4 is 32.3 Å². The van der Waals surface area contributed by atoms with E-state index in [0.29, 0.717) is 4.96 Å². The molecule has 0 N–H and O–H groups in total. The zero-order valence-electron chi connectivity index (χ0n) is 17.6. The van der Waals surface area contributed by atoms with Gasteiger partial charge in [0, 0.05) is 30.6 Å². The van der Waals surface area contributed by atoms with Gasteiger partial charge >= 0.3 is 5.97 Å². The molecule has 0 bridgehead atoms. The van der Waals surface area contributed by atoms with Gasteiger partial charge in [0.05, 0.1) is 5.69 Å². The average Bonchev–Trinajstić information content (AvgIpc) is 3.31. The van der Waals surface area contributed by atoms with Gasteiger partial charge < -0.3 is 4.74 Å². The van der Waals surface area contributed by atoms with Crippen LogP contribution >= 0.6 is 11.3 Å². The van der Waals surface area contributed by atoms with Crippen molar-refractivity contribution in [3.05, 3.63) is 99.2 Å². The molecule has 1 aliphatic rings. The molecule has 0 amide bonds. The molecule has 0 saturated carbocycles. The SMILES string of the molecule is O=C(OCc1cc(=O)n2ccsc2n1)C1Cc2ccccc2CN1S(=O)(=O)c1ccccc1F. The van der Waals surface area contributed by atoms with Crippen LogP contribution in [0.3, 0.4) is 0 Å². The van der Waals surface area contributed by atoms with E-state index in [2.05, 4.69) is 4.98 Å². The van der Waals surface area contributed by atoms with Crippen LogP contribution in [0.5, 0.6) is 0 Å². The predicted octanol–water partition coefficient (Wildman–Crippen LogP) is 2.75. The highest BCUT2D eigenvalue weighted by Crippen LogP contribution is 2.30. The van der Waals surface area contributed by atoms with E-state index in [1.165, 1.54) is 40.0 Å². The molecule has 3 heterocycles. The van der Waals surface area contributed by atoms with Crippen molar-refractivity contribution < 1.29 is 22.3 Å². The molecule has 5 rings (SSSR count). The lowest BCUT2D eigenvalue weighted by molar-refractivity contribution is -0.150. The lowest BCUT2D eigenvalue weighted by Crippen LogP contribution is -2.49. The second-order valence-corrected chi connectivity index (χ2v) is 10.5. The van der Waals surface area contributed by atoms with Crippen molar-refractivity contribution in [2.45, 2.75) is 30.5 Å². The van der Waals surface area contributed by atoms with Crippen LogP contribution in [0.4, 0.5) is 4.39 Å². The van der Waals surface area contributed by atoms with Gasteiger partial charge in [-0.3, -0.25) is 14.0 Å². The normalized spacial score (nSPS) is 16.3. The minimum Gasteiger partial charge on any atom is -0.458 e. The topological polar surface area (TPSA) is 98.1 Å². The van der Waals surface area contributed by atoms with Crippen LogP contribution in [0.1, 0.15) is 16.8 Å². The second kappa shape index (κ2) is 8.75. The monoisotopic (exact) mass is 499 g/mol. The number of thiazole rings is 1. The molecular weight excluding hydrogens is 481 g/mol. The number of aromatic nitrogens is 2. The van der Waals surface area contributed by atoms with Crippen molar-refractivity contribution in [3.63, 3.8) is 0 Å². The molecule has 1 unspecified atom stereocenters. The van der Waals surface area contributed by atoms with Gasteiger partial charge in [0.1, 0.15) is 23.4 Å². The standard InChI is InChI=1S/C23H18FN3O5S2/c24-18-7-3-4-8-20(18)34(30,31)27-13-16-6-2-1-5-15(16)11-19(27)22(29)32-14-17-12-21(28)26-9-10-33-23(26)25-17/h1-10,12,19H,11,13-14H2. The van der Waals surface area contributed by atoms with Crippen LogP contribution < -0.4 is 5.56 Å². The summed E-state index contributed by atoms with van der Waals surface area (Å²) < 4.78 is 48.9. The van der Waals surface area contributed by atoms with Crippen LogP contribution in [0, 0.1) is 5.82 Å². The molecule has 0 aliphatic carbocycles. The smallest absolute Gasteiger partial charge is 0.325 e. The number of carbonyl (C=O) groups excluding carboxylic acids is 1. The highest BCUT2D eigenvalue weighted by molar-refractivity contribution is 7.89. The Morgan fingerprint density at radius 3 is 2.68 bits per heavy atom. The van der Waals surface area contributed by atoms with Crippen LogP contribution in [0.2, 0.25) is 0 Å². The molecule has 0 saturated heterocycles. The third kappa shape index (κ3) is 4.02. The quantitative estimate of drug-likeness (QED) is 0.392. The van der Waals surface area contributed by atoms with Gasteiger partial charge in [-0.1, -0.05) is 36.4 Å². The van der Waals surface area contributed by atoms with Gasteiger partial charge in [-0.2, -0.15) is 4.31 Å². The Balaban J connectivity index is 1.46. The van der Waals surface area contributed by atoms with Gasteiger partial charge in [-0.25, -0.2) is 17.8 Å². The fraction of sp³-hybridized carbons (Fsp3) is 0.174. The summed E-state index contributed by atoms with van der Waals surface area (Å²) >= 11 is 1.26. The Kier molecular flexibility index (Phi) is 5.76. The van der Waals surface area contributed by atoms with Gasteiger partial charge in [-0.15, -0.1) is 11.3 Å². The third-order valence-corrected chi connectivity index (χ3v) is 8.26. The first-order valence-electron chi connectivity index (χ1n) is 10.3. The molecule has 0 spiro atoms. The van der Waals surface area contributed by atoms with Gasteiger partial charge in [0.25, 0.3) is 5.56 Å². The van der Waals surface area contributed by atoms with E-state index in [1.54, 1.807) is 29.8 Å². The largest absolute Gasteiger partial charge is 0.458 e. The van der Waals surface area contributed by atoms with E-state index in [0.717, 1.165) is 21.5 Å². The van der Waals surface area contributed by atoms with Crippen LogP contribution in [-0.4, -0.2) is 34.1 Å². The Hall–Kier alpha value is -3.41. The molecule has 1 aliphatic heterocycles. The van der Waals surface area contributed by atoms with Crippen molar-refractivity contribution in [2.75, 3.05) is 0 Å². The zero-order chi connectivity index (χ0) is 23.9. The molecule has 2 aromatic heterocycles. The van der Waals surface area contributed by atoms with Gasteiger partial charge in [0.15, 0.2) is 4.96 Å². The molecule has 0 fully saturated rings. The number of carbonyl (C=O) groups is 1. The number of benzene rings is 2. The number of rotatable bonds is 5. The van der Waals surface area contributed by atoms with Crippen LogP contribution in [0.15, 0.2) is 75.9 Å². The van der Waals surface area contributed by atoms with Crippen molar-refractivity contribution in [1.82, 2.24) is 13.7 Å². The Bertz CT molecular complexity index is 1560. The maximum atomic E-state index is 14.4. The number of hydrogen-bond acceptors (Lipinski definition) is 7. The summed E-state index contributed by atoms with van der Waals surface area (Å²) in [5.41, 5.74) is 1.47. The Morgan fingerprint density at radius 1 is 1.15 bits per heavy atom. The van der Waals surface area contributed by atoms with E-state index >= 15 is 0 Å². The first-order valence-corrected chi connectivity index (χ1v) is 12.6. The second-order valence-electron chi connectivity index (χ2n) is 7.72. The van der Waals surface area contributed by atoms with Crippen LogP contribution in [0.25, 0.3) is 4.96 Å². The molecule has 1 atom stereocenters. The highest BCUT2D eigenvalue weighted by Gasteiger charge is 2.41. The molecule has 34 heavy (non-hydrogen) atoms. The molecule has 174 valence electrons. The molecule has 11 heteroatoms. The minimum absolute atomic E-state index is 0.0722. The number of fused-ring (bicyclic) bond motifs is 2. The maximum Gasteiger partial charge on any atom is 0.325 e. The summed E-state index contributed by atoms with van der Waals surface area (Å²) in [6.07, 6.45) is 1.67. The van der Waals surface area contributed by atoms with Gasteiger partial charge in [-0.05, 0) is 23.3 Å². The van der Waals surface area contributed by atoms with E-state index in [1.807, 2.05) is 6.07 Å². The Labute approximate surface area is 197 Å². The first-order chi connectivity index (χ1) is 16.3. The molecule has 8 nitrogen and oxygen atoms in total. The summed E-state index contributed by atoms with van der Waals surface area (Å²) in [5, 5.41) is 1.71. The number of ether oxygens (including phenoxy) is 1. The minimum atomic E-state index is -4.35. The lowest BCUT2D eigenvalue weighted by atomic mass is 9.96. The van der Waals surface area contributed by atoms with E-state index < -0.39 is 32.7 Å². The summed E-state index contributed by atoms with van der Waals surface area (Å²) in [4.78, 5) is 29.5. The fourth-order valence-corrected chi connectivity index (χ4v) is 6.30. The molecular formula is C23H18FN3O5S2. The zero-order valence-corrected chi connectivity index (χ0v) is 19.3. The van der Waals surface area contributed by atoms with Crippen molar-refractivity contribution in [3.8, 4) is 0 Å². The highest BCUT2D eigenvalue weighted by atomic mass is 32.2. The molecule has 4 aromatic rings. The summed E-state index contributed by atoms with van der Waals surface area (Å²) in [7, 11) is -4.35. The van der Waals surface area contributed by atoms with Gasteiger partial charge in [0.2, 0.25) is 10.0 Å². The van der Waals surface area contributed by atoms with E-state index in [4.69, 9.17) is 4.74 Å². The van der Waals surface area contributed by atoms with E-state index in [-0.39, 0.29) is 30.8 Å². The first kappa shape index (κ1) is 22.4. The lowest BCUT2D eigenvalue weighted by Gasteiger charge is -2.34. The maximum absolute atomic E-state index is 14.4. The number of halogens is 1. The Morgan fingerprint density at radius 2 is 1.88 bits per heavy atom. The summed E-state index contributed by atoms with van der Waals surface area (Å²) in [5.74, 6) is -1.70. The third-order valence-electron chi connectivity index (χ3n) is 5.62. The predicted molar refractivity (Wildman–Crippen MR) is 122 cm³/mol. The number of hydrogen-bond donors (Lipinski definition) is 0. The molecule has 2 aromatic carbocycles. The number of nitrogens with zero attached hydrogens (tertiary/aromatic N) is 3. The number of esters is 1. The molecule has 0 radical (unpaired) electrons. The van der Waals surface area contributed by atoms with Crippen molar-refractivity contribution in [1.29, 1.82) is 0 Å². The summed E-state index contributed by atoms with van der Waals surface area (Å²) in [6.45, 7) is -0.401. The summed E-state index contributed by atoms with van der Waals surface area (Å²) in [6, 6.07) is 12.3. The average molecular weight is 500 g/mol. The van der Waals surface area contributed by atoms with Crippen LogP contribution in [-0.2, 0) is 39.1 Å². The number of sulfonamides is 1. The van der Waals surface area contributed by atoms with Crippen molar-refractivity contribution in [2.24, 2.45) is 0 Å². The fourth-order valence-electron chi connectivity index (χ4n) is 3.94.